The van der Waals surface area contributed by atoms with Gasteiger partial charge in [-0.3, -0.25) is 4.79 Å². The summed E-state index contributed by atoms with van der Waals surface area (Å²) in [6, 6.07) is 0. The molecule has 0 radical (unpaired) electrons. The first-order chi connectivity index (χ1) is 6.10. The Labute approximate surface area is 108 Å². The maximum absolute atomic E-state index is 10.9. The SMILES string of the molecule is CC1(C)[C@@H]([C@@H](O)C(Br)(Br)Br)[C@@H]1C(=O)O. The van der Waals surface area contributed by atoms with Crippen LogP contribution in [0.5, 0.6) is 0 Å². The molecule has 1 rings (SSSR count). The fraction of sp³-hybridized carbons (Fsp3) is 0.875. The minimum absolute atomic E-state index is 0.252. The van der Waals surface area contributed by atoms with E-state index in [-0.39, 0.29) is 11.3 Å². The molecule has 1 fully saturated rings. The van der Waals surface area contributed by atoms with Crippen molar-refractivity contribution in [2.24, 2.45) is 17.3 Å². The molecule has 0 unspecified atom stereocenters. The van der Waals surface area contributed by atoms with Crippen LogP contribution in [0.1, 0.15) is 13.8 Å². The first-order valence-corrected chi connectivity index (χ1v) is 6.45. The summed E-state index contributed by atoms with van der Waals surface area (Å²) in [7, 11) is 0. The molecule has 1 saturated carbocycles. The molecule has 3 atom stereocenters. The third-order valence-corrected chi connectivity index (χ3v) is 4.26. The lowest BCUT2D eigenvalue weighted by atomic mass is 10.1. The van der Waals surface area contributed by atoms with Crippen LogP contribution in [0.15, 0.2) is 0 Å². The maximum Gasteiger partial charge on any atom is 0.307 e. The molecule has 0 aromatic carbocycles. The molecule has 6 heteroatoms. The second-order valence-corrected chi connectivity index (χ2v) is 11.1. The molecule has 0 aromatic heterocycles. The van der Waals surface area contributed by atoms with Crippen molar-refractivity contribution < 1.29 is 15.0 Å². The zero-order valence-corrected chi connectivity index (χ0v) is 12.4. The summed E-state index contributed by atoms with van der Waals surface area (Å²) in [6.45, 7) is 3.69. The predicted molar refractivity (Wildman–Crippen MR) is 63.9 cm³/mol. The highest BCUT2D eigenvalue weighted by Crippen LogP contribution is 2.63. The number of carboxylic acid groups (broad SMARTS) is 1. The Kier molecular flexibility index (Phi) is 3.43. The second kappa shape index (κ2) is 3.71. The van der Waals surface area contributed by atoms with E-state index in [1.165, 1.54) is 0 Å². The maximum atomic E-state index is 10.9. The molecule has 1 aliphatic rings. The summed E-state index contributed by atoms with van der Waals surface area (Å²) in [4.78, 5) is 10.9. The van der Waals surface area contributed by atoms with E-state index in [1.807, 2.05) is 13.8 Å². The van der Waals surface area contributed by atoms with Crippen molar-refractivity contribution in [1.29, 1.82) is 0 Å². The number of hydrogen-bond acceptors (Lipinski definition) is 2. The van der Waals surface area contributed by atoms with Crippen molar-refractivity contribution >= 4 is 53.8 Å². The molecule has 1 aliphatic carbocycles. The van der Waals surface area contributed by atoms with Gasteiger partial charge >= 0.3 is 5.97 Å². The molecular weight excluding hydrogens is 384 g/mol. The number of halogens is 3. The molecule has 0 heterocycles. The Bertz CT molecular complexity index is 259. The van der Waals surface area contributed by atoms with E-state index in [2.05, 4.69) is 47.8 Å². The van der Waals surface area contributed by atoms with Crippen molar-refractivity contribution in [3.8, 4) is 0 Å². The van der Waals surface area contributed by atoms with Gasteiger partial charge in [0.1, 0.15) is 0 Å². The number of carbonyl (C=O) groups is 1. The number of rotatable bonds is 2. The minimum atomic E-state index is -0.851. The van der Waals surface area contributed by atoms with Crippen LogP contribution in [0.2, 0.25) is 0 Å². The molecule has 2 N–H and O–H groups in total. The fourth-order valence-corrected chi connectivity index (χ4v) is 2.80. The average molecular weight is 395 g/mol. The van der Waals surface area contributed by atoms with Gasteiger partial charge in [0, 0.05) is 5.92 Å². The fourth-order valence-electron chi connectivity index (χ4n) is 1.94. The van der Waals surface area contributed by atoms with E-state index in [4.69, 9.17) is 5.11 Å². The Morgan fingerprint density at radius 3 is 2.07 bits per heavy atom. The molecule has 0 aliphatic heterocycles. The number of aliphatic carboxylic acids is 1. The molecule has 14 heavy (non-hydrogen) atoms. The van der Waals surface area contributed by atoms with E-state index in [1.54, 1.807) is 0 Å². The van der Waals surface area contributed by atoms with Gasteiger partial charge in [-0.05, 0) is 5.41 Å². The smallest absolute Gasteiger partial charge is 0.307 e. The number of alkyl halides is 3. The van der Waals surface area contributed by atoms with Crippen LogP contribution in [0, 0.1) is 17.3 Å². The van der Waals surface area contributed by atoms with Crippen molar-refractivity contribution in [2.75, 3.05) is 0 Å². The quantitative estimate of drug-likeness (QED) is 0.708. The van der Waals surface area contributed by atoms with E-state index >= 15 is 0 Å². The molecule has 0 amide bonds. The van der Waals surface area contributed by atoms with Crippen molar-refractivity contribution in [3.63, 3.8) is 0 Å². The summed E-state index contributed by atoms with van der Waals surface area (Å²) >= 11 is 9.61. The summed E-state index contributed by atoms with van der Waals surface area (Å²) in [6.07, 6.45) is -0.793. The predicted octanol–water partition coefficient (Wildman–Crippen LogP) is 2.54. The highest BCUT2D eigenvalue weighted by atomic mass is 80.0. The van der Waals surface area contributed by atoms with Crippen LogP contribution >= 0.6 is 47.8 Å². The van der Waals surface area contributed by atoms with Gasteiger partial charge in [0.05, 0.1) is 12.0 Å². The largest absolute Gasteiger partial charge is 0.481 e. The number of carboxylic acids is 1. The highest BCUT2D eigenvalue weighted by molar-refractivity contribution is 9.39. The number of aliphatic hydroxyl groups excluding tert-OH is 1. The number of aliphatic hydroxyl groups is 1. The van der Waals surface area contributed by atoms with Crippen molar-refractivity contribution in [2.45, 2.75) is 22.1 Å². The second-order valence-electron chi connectivity index (χ2n) is 4.15. The molecule has 82 valence electrons. The van der Waals surface area contributed by atoms with Gasteiger partial charge in [-0.15, -0.1) is 0 Å². The average Bonchev–Trinajstić information content (AvgIpc) is 2.49. The Hall–Kier alpha value is 0.870. The molecule has 0 bridgehead atoms. The van der Waals surface area contributed by atoms with Gasteiger partial charge in [0.15, 0.2) is 2.14 Å². The summed E-state index contributed by atoms with van der Waals surface area (Å²) in [5, 5.41) is 18.8. The van der Waals surface area contributed by atoms with Gasteiger partial charge in [-0.2, -0.15) is 0 Å². The van der Waals surface area contributed by atoms with Crippen molar-refractivity contribution in [1.82, 2.24) is 0 Å². The van der Waals surface area contributed by atoms with Gasteiger partial charge in [0.25, 0.3) is 0 Å². The lowest BCUT2D eigenvalue weighted by Gasteiger charge is -2.21. The van der Waals surface area contributed by atoms with E-state index in [9.17, 15) is 9.90 Å². The standard InChI is InChI=1S/C8H11Br3O3/c1-7(2)3(4(7)6(13)14)5(12)8(9,10)11/h3-5,12H,1-2H3,(H,13,14)/t3-,4-,5-/m1/s1. The lowest BCUT2D eigenvalue weighted by Crippen LogP contribution is -2.28. The monoisotopic (exact) mass is 392 g/mol. The zero-order chi connectivity index (χ0) is 11.3. The highest BCUT2D eigenvalue weighted by Gasteiger charge is 2.67. The van der Waals surface area contributed by atoms with E-state index < -0.39 is 20.1 Å². The van der Waals surface area contributed by atoms with Gasteiger partial charge in [-0.1, -0.05) is 61.6 Å². The van der Waals surface area contributed by atoms with Crippen LogP contribution in [0.25, 0.3) is 0 Å². The first kappa shape index (κ1) is 12.9. The summed E-state index contributed by atoms with van der Waals surface area (Å²) in [5.74, 6) is -1.58. The van der Waals surface area contributed by atoms with Crippen molar-refractivity contribution in [3.05, 3.63) is 0 Å². The van der Waals surface area contributed by atoms with Gasteiger partial charge in [0.2, 0.25) is 0 Å². The van der Waals surface area contributed by atoms with E-state index in [0.717, 1.165) is 0 Å². The molecular formula is C8H11Br3O3. The van der Waals surface area contributed by atoms with Crippen LogP contribution < -0.4 is 0 Å². The Balaban J connectivity index is 2.79. The van der Waals surface area contributed by atoms with Crippen LogP contribution in [-0.4, -0.2) is 24.4 Å². The van der Waals surface area contributed by atoms with Gasteiger partial charge in [-0.25, -0.2) is 0 Å². The molecule has 3 nitrogen and oxygen atoms in total. The third-order valence-electron chi connectivity index (χ3n) is 2.85. The summed E-state index contributed by atoms with van der Waals surface area (Å²) in [5.41, 5.74) is -0.355. The normalized spacial score (nSPS) is 32.4. The minimum Gasteiger partial charge on any atom is -0.481 e. The van der Waals surface area contributed by atoms with Crippen LogP contribution in [-0.2, 0) is 4.79 Å². The molecule has 0 spiro atoms. The van der Waals surface area contributed by atoms with Gasteiger partial charge < -0.3 is 10.2 Å². The zero-order valence-electron chi connectivity index (χ0n) is 7.67. The summed E-state index contributed by atoms with van der Waals surface area (Å²) < 4.78 is -0.806. The van der Waals surface area contributed by atoms with E-state index in [0.29, 0.717) is 0 Å². The Morgan fingerprint density at radius 1 is 1.43 bits per heavy atom. The Morgan fingerprint density at radius 2 is 1.86 bits per heavy atom. The van der Waals surface area contributed by atoms with Crippen LogP contribution in [0.3, 0.4) is 0 Å². The third kappa shape index (κ3) is 2.18. The topological polar surface area (TPSA) is 57.5 Å². The van der Waals surface area contributed by atoms with Crippen LogP contribution in [0.4, 0.5) is 0 Å². The molecule has 0 aromatic rings. The lowest BCUT2D eigenvalue weighted by molar-refractivity contribution is -0.139. The number of hydrogen-bond donors (Lipinski definition) is 2. The molecule has 0 saturated heterocycles. The first-order valence-electron chi connectivity index (χ1n) is 4.07.